The highest BCUT2D eigenvalue weighted by atomic mass is 16.1. The summed E-state index contributed by atoms with van der Waals surface area (Å²) in [5.74, 6) is -0.171. The number of aryl methyl sites for hydroxylation is 3. The van der Waals surface area contributed by atoms with Gasteiger partial charge in [0.05, 0.1) is 11.7 Å². The number of nitrogens with one attached hydrogen (secondary N) is 1. The fraction of sp³-hybridized carbons (Fsp3) is 0.350. The molecule has 1 N–H and O–H groups in total. The van der Waals surface area contributed by atoms with Crippen LogP contribution in [0.2, 0.25) is 0 Å². The van der Waals surface area contributed by atoms with E-state index in [2.05, 4.69) is 39.4 Å². The van der Waals surface area contributed by atoms with Gasteiger partial charge in [-0.1, -0.05) is 24.3 Å². The second-order valence-corrected chi connectivity index (χ2v) is 6.88. The molecule has 3 rings (SSSR count). The van der Waals surface area contributed by atoms with Crippen molar-refractivity contribution in [2.75, 3.05) is 20.6 Å². The second-order valence-electron chi connectivity index (χ2n) is 6.88. The highest BCUT2D eigenvalue weighted by molar-refractivity contribution is 5.92. The van der Waals surface area contributed by atoms with Crippen LogP contribution in [0.15, 0.2) is 36.4 Å². The molecule has 0 radical (unpaired) electrons. The molecule has 1 aromatic carbocycles. The van der Waals surface area contributed by atoms with Crippen molar-refractivity contribution in [1.29, 1.82) is 0 Å². The highest BCUT2D eigenvalue weighted by Crippen LogP contribution is 2.21. The maximum absolute atomic E-state index is 12.7. The molecular formula is C20H25N5O. The van der Waals surface area contributed by atoms with Crippen LogP contribution < -0.4 is 5.32 Å². The molecule has 3 aromatic rings. The van der Waals surface area contributed by atoms with Crippen molar-refractivity contribution < 1.29 is 4.79 Å². The van der Waals surface area contributed by atoms with Crippen molar-refractivity contribution in [2.45, 2.75) is 26.8 Å². The van der Waals surface area contributed by atoms with Crippen molar-refractivity contribution in [3.63, 3.8) is 0 Å². The van der Waals surface area contributed by atoms with Gasteiger partial charge in [0, 0.05) is 18.3 Å². The number of amides is 1. The summed E-state index contributed by atoms with van der Waals surface area (Å²) >= 11 is 0. The molecule has 0 fully saturated rings. The molecule has 0 unspecified atom stereocenters. The molecular weight excluding hydrogens is 326 g/mol. The summed E-state index contributed by atoms with van der Waals surface area (Å²) in [5.41, 5.74) is 5.30. The zero-order valence-corrected chi connectivity index (χ0v) is 15.9. The van der Waals surface area contributed by atoms with Crippen LogP contribution in [0.1, 0.15) is 39.0 Å². The van der Waals surface area contributed by atoms with Gasteiger partial charge in [0.25, 0.3) is 5.91 Å². The van der Waals surface area contributed by atoms with E-state index in [4.69, 9.17) is 0 Å². The molecule has 2 aromatic heterocycles. The SMILES string of the molecule is Cc1cc2nc(C(=O)NC[C@@H](c3ccccc3C)N(C)C)cc(C)n2n1. The number of hydrogen-bond donors (Lipinski definition) is 1. The number of nitrogens with zero attached hydrogens (tertiary/aromatic N) is 4. The molecule has 0 bridgehead atoms. The number of benzene rings is 1. The van der Waals surface area contributed by atoms with Crippen LogP contribution in [0, 0.1) is 20.8 Å². The first-order valence-electron chi connectivity index (χ1n) is 8.71. The lowest BCUT2D eigenvalue weighted by atomic mass is 10.0. The smallest absolute Gasteiger partial charge is 0.270 e. The number of rotatable bonds is 5. The van der Waals surface area contributed by atoms with E-state index < -0.39 is 0 Å². The molecule has 0 saturated heterocycles. The standard InChI is InChI=1S/C20H25N5O/c1-13-8-6-7-9-16(13)18(24(4)5)12-21-20(26)17-11-15(3)25-19(22-17)10-14(2)23-25/h6-11,18H,12H2,1-5H3,(H,21,26)/t18-/m0/s1. The Kier molecular flexibility index (Phi) is 5.04. The summed E-state index contributed by atoms with van der Waals surface area (Å²) < 4.78 is 1.75. The lowest BCUT2D eigenvalue weighted by molar-refractivity contribution is 0.0937. The Morgan fingerprint density at radius 3 is 2.62 bits per heavy atom. The molecule has 0 saturated carbocycles. The third kappa shape index (κ3) is 3.60. The van der Waals surface area contributed by atoms with Gasteiger partial charge in [0.2, 0.25) is 0 Å². The van der Waals surface area contributed by atoms with Gasteiger partial charge in [-0.15, -0.1) is 0 Å². The number of aromatic nitrogens is 3. The van der Waals surface area contributed by atoms with E-state index in [1.165, 1.54) is 11.1 Å². The van der Waals surface area contributed by atoms with Gasteiger partial charge in [-0.25, -0.2) is 9.50 Å². The largest absolute Gasteiger partial charge is 0.349 e. The maximum Gasteiger partial charge on any atom is 0.270 e. The monoisotopic (exact) mass is 351 g/mol. The molecule has 1 amide bonds. The van der Waals surface area contributed by atoms with Crippen LogP contribution in [-0.2, 0) is 0 Å². The van der Waals surface area contributed by atoms with Crippen molar-refractivity contribution in [1.82, 2.24) is 24.8 Å². The molecule has 136 valence electrons. The Bertz CT molecular complexity index is 945. The van der Waals surface area contributed by atoms with E-state index in [-0.39, 0.29) is 11.9 Å². The Morgan fingerprint density at radius 2 is 1.92 bits per heavy atom. The van der Waals surface area contributed by atoms with Gasteiger partial charge in [-0.2, -0.15) is 5.10 Å². The molecule has 6 heteroatoms. The molecule has 6 nitrogen and oxygen atoms in total. The van der Waals surface area contributed by atoms with Crippen LogP contribution in [0.5, 0.6) is 0 Å². The van der Waals surface area contributed by atoms with Gasteiger partial charge in [-0.05, 0) is 52.1 Å². The number of carbonyl (C=O) groups excluding carboxylic acids is 1. The normalized spacial score (nSPS) is 12.5. The van der Waals surface area contributed by atoms with E-state index in [1.807, 2.05) is 46.1 Å². The third-order valence-corrected chi connectivity index (χ3v) is 4.59. The summed E-state index contributed by atoms with van der Waals surface area (Å²) in [7, 11) is 4.04. The van der Waals surface area contributed by atoms with Crippen LogP contribution >= 0.6 is 0 Å². The minimum Gasteiger partial charge on any atom is -0.349 e. The molecule has 0 aliphatic rings. The van der Waals surface area contributed by atoms with Gasteiger partial charge in [0.1, 0.15) is 5.69 Å². The van der Waals surface area contributed by atoms with Gasteiger partial charge >= 0.3 is 0 Å². The fourth-order valence-electron chi connectivity index (χ4n) is 3.17. The van der Waals surface area contributed by atoms with Crippen molar-refractivity contribution in [3.05, 3.63) is 64.6 Å². The summed E-state index contributed by atoms with van der Waals surface area (Å²) in [6.07, 6.45) is 0. The molecule has 0 aliphatic heterocycles. The summed E-state index contributed by atoms with van der Waals surface area (Å²) in [4.78, 5) is 19.2. The molecule has 2 heterocycles. The average molecular weight is 351 g/mol. The molecule has 0 spiro atoms. The first-order chi connectivity index (χ1) is 12.4. The first kappa shape index (κ1) is 18.1. The quantitative estimate of drug-likeness (QED) is 0.768. The maximum atomic E-state index is 12.7. The number of likely N-dealkylation sites (N-methyl/N-ethyl adjacent to an activating group) is 1. The summed E-state index contributed by atoms with van der Waals surface area (Å²) in [5, 5.41) is 7.41. The fourth-order valence-corrected chi connectivity index (χ4v) is 3.17. The van der Waals surface area contributed by atoms with Crippen molar-refractivity contribution >= 4 is 11.6 Å². The predicted octanol–water partition coefficient (Wildman–Crippen LogP) is 2.69. The van der Waals surface area contributed by atoms with Gasteiger partial charge in [0.15, 0.2) is 5.65 Å². The highest BCUT2D eigenvalue weighted by Gasteiger charge is 2.18. The minimum atomic E-state index is -0.171. The minimum absolute atomic E-state index is 0.0992. The third-order valence-electron chi connectivity index (χ3n) is 4.59. The Balaban J connectivity index is 1.80. The van der Waals surface area contributed by atoms with Crippen LogP contribution in [0.3, 0.4) is 0 Å². The molecule has 1 atom stereocenters. The number of hydrogen-bond acceptors (Lipinski definition) is 4. The van der Waals surface area contributed by atoms with E-state index in [0.717, 1.165) is 11.4 Å². The van der Waals surface area contributed by atoms with Crippen LogP contribution in [0.25, 0.3) is 5.65 Å². The van der Waals surface area contributed by atoms with Crippen molar-refractivity contribution in [2.24, 2.45) is 0 Å². The Morgan fingerprint density at radius 1 is 1.19 bits per heavy atom. The Hall–Kier alpha value is -2.73. The number of carbonyl (C=O) groups is 1. The summed E-state index contributed by atoms with van der Waals surface area (Å²) in [6.45, 7) is 6.45. The second kappa shape index (κ2) is 7.25. The molecule has 26 heavy (non-hydrogen) atoms. The van der Waals surface area contributed by atoms with Crippen LogP contribution in [0.4, 0.5) is 0 Å². The zero-order valence-electron chi connectivity index (χ0n) is 15.9. The topological polar surface area (TPSA) is 62.5 Å². The van der Waals surface area contributed by atoms with E-state index in [1.54, 1.807) is 10.6 Å². The predicted molar refractivity (Wildman–Crippen MR) is 102 cm³/mol. The lowest BCUT2D eigenvalue weighted by Gasteiger charge is -2.26. The van der Waals surface area contributed by atoms with Gasteiger partial charge in [-0.3, -0.25) is 4.79 Å². The lowest BCUT2D eigenvalue weighted by Crippen LogP contribution is -2.35. The first-order valence-corrected chi connectivity index (χ1v) is 8.71. The number of fused-ring (bicyclic) bond motifs is 1. The molecule has 0 aliphatic carbocycles. The van der Waals surface area contributed by atoms with Crippen molar-refractivity contribution in [3.8, 4) is 0 Å². The van der Waals surface area contributed by atoms with Crippen LogP contribution in [-0.4, -0.2) is 46.0 Å². The van der Waals surface area contributed by atoms with Gasteiger partial charge < -0.3 is 10.2 Å². The van der Waals surface area contributed by atoms with E-state index in [0.29, 0.717) is 17.9 Å². The zero-order chi connectivity index (χ0) is 18.8. The Labute approximate surface area is 153 Å². The van der Waals surface area contributed by atoms with E-state index in [9.17, 15) is 4.79 Å². The average Bonchev–Trinajstić information content (AvgIpc) is 2.97. The van der Waals surface area contributed by atoms with E-state index >= 15 is 0 Å². The summed E-state index contributed by atoms with van der Waals surface area (Å²) in [6, 6.07) is 12.0.